The molecule has 1 saturated heterocycles. The number of carbonyl (C=O) groups excluding carboxylic acids is 3. The SMILES string of the molecule is CC[C@H](C)[C@H](NC(=O)C(Cc1ccccc1)CC(O)CN1CCC[C@H]1C(=O)NC(C)(C)C)C(=O)NCc1nc2ccccc2[nH]1. The highest BCUT2D eigenvalue weighted by Crippen LogP contribution is 2.22. The van der Waals surface area contributed by atoms with Gasteiger partial charge in [-0.15, -0.1) is 0 Å². The zero-order chi connectivity index (χ0) is 32.6. The number of hydrogen-bond acceptors (Lipinski definition) is 6. The molecule has 10 nitrogen and oxygen atoms in total. The molecule has 244 valence electrons. The zero-order valence-electron chi connectivity index (χ0n) is 27.3. The van der Waals surface area contributed by atoms with Crippen LogP contribution in [-0.2, 0) is 27.3 Å². The number of para-hydroxylation sites is 2. The predicted octanol–water partition coefficient (Wildman–Crippen LogP) is 3.70. The predicted molar refractivity (Wildman–Crippen MR) is 176 cm³/mol. The number of H-pyrrole nitrogens is 1. The van der Waals surface area contributed by atoms with E-state index in [1.165, 1.54) is 0 Å². The molecule has 0 radical (unpaired) electrons. The number of hydrogen-bond donors (Lipinski definition) is 5. The summed E-state index contributed by atoms with van der Waals surface area (Å²) in [6.07, 6.45) is 2.12. The van der Waals surface area contributed by atoms with Gasteiger partial charge in [-0.2, -0.15) is 0 Å². The largest absolute Gasteiger partial charge is 0.392 e. The molecule has 45 heavy (non-hydrogen) atoms. The van der Waals surface area contributed by atoms with Crippen LogP contribution in [0.2, 0.25) is 0 Å². The average molecular weight is 619 g/mol. The van der Waals surface area contributed by atoms with E-state index < -0.39 is 18.1 Å². The Labute approximate surface area is 266 Å². The summed E-state index contributed by atoms with van der Waals surface area (Å²) in [5.41, 5.74) is 2.35. The average Bonchev–Trinajstić information content (AvgIpc) is 3.64. The van der Waals surface area contributed by atoms with E-state index in [1.54, 1.807) is 0 Å². The van der Waals surface area contributed by atoms with Crippen LogP contribution in [0.4, 0.5) is 0 Å². The lowest BCUT2D eigenvalue weighted by Gasteiger charge is -2.31. The maximum atomic E-state index is 13.9. The number of fused-ring (bicyclic) bond motifs is 1. The van der Waals surface area contributed by atoms with Crippen LogP contribution in [0.15, 0.2) is 54.6 Å². The quantitative estimate of drug-likeness (QED) is 0.187. The number of amides is 3. The fraction of sp³-hybridized carbons (Fsp3) is 0.543. The number of nitrogens with zero attached hydrogens (tertiary/aromatic N) is 2. The Kier molecular flexibility index (Phi) is 11.7. The standard InChI is InChI=1S/C35H50N6O4/c1-6-23(2)31(34(45)36-21-30-37-27-15-10-11-16-28(27)38-30)39-32(43)25(19-24-13-8-7-9-14-24)20-26(42)22-41-18-12-17-29(41)33(44)40-35(3,4)5/h7-11,13-16,23,25-26,29,31,42H,6,12,17-22H2,1-5H3,(H,36,45)(H,37,38)(H,39,43)(H,40,44)/t23-,25?,26?,29-,31-/m0/s1. The molecule has 0 aliphatic carbocycles. The van der Waals surface area contributed by atoms with Gasteiger partial charge in [0.15, 0.2) is 0 Å². The van der Waals surface area contributed by atoms with Gasteiger partial charge >= 0.3 is 0 Å². The van der Waals surface area contributed by atoms with Gasteiger partial charge in [0.25, 0.3) is 0 Å². The first-order valence-corrected chi connectivity index (χ1v) is 16.2. The Hall–Kier alpha value is -3.76. The molecule has 0 spiro atoms. The van der Waals surface area contributed by atoms with Gasteiger partial charge in [0, 0.05) is 18.0 Å². The molecule has 1 aliphatic heterocycles. The van der Waals surface area contributed by atoms with Crippen LogP contribution in [0.3, 0.4) is 0 Å². The fourth-order valence-electron chi connectivity index (χ4n) is 5.99. The molecule has 2 aromatic carbocycles. The summed E-state index contributed by atoms with van der Waals surface area (Å²) in [6.45, 7) is 11.0. The fourth-order valence-corrected chi connectivity index (χ4v) is 5.99. The second-order valence-corrected chi connectivity index (χ2v) is 13.5. The minimum atomic E-state index is -0.823. The highest BCUT2D eigenvalue weighted by Gasteiger charge is 2.35. The van der Waals surface area contributed by atoms with Crippen LogP contribution in [0.1, 0.15) is 71.7 Å². The Morgan fingerprint density at radius 1 is 1.07 bits per heavy atom. The molecule has 3 aromatic rings. The van der Waals surface area contributed by atoms with E-state index in [0.717, 1.165) is 36.0 Å². The Bertz CT molecular complexity index is 1390. The van der Waals surface area contributed by atoms with Gasteiger partial charge in [-0.1, -0.05) is 62.7 Å². The molecule has 3 amide bonds. The van der Waals surface area contributed by atoms with E-state index in [0.29, 0.717) is 25.2 Å². The van der Waals surface area contributed by atoms with E-state index >= 15 is 0 Å². The van der Waals surface area contributed by atoms with Crippen molar-refractivity contribution >= 4 is 28.8 Å². The number of aliphatic hydroxyl groups is 1. The Morgan fingerprint density at radius 2 is 1.78 bits per heavy atom. The summed E-state index contributed by atoms with van der Waals surface area (Å²) in [6, 6.07) is 16.3. The lowest BCUT2D eigenvalue weighted by Crippen LogP contribution is -2.53. The highest BCUT2D eigenvalue weighted by atomic mass is 16.3. The molecule has 4 rings (SSSR count). The first kappa shape index (κ1) is 34.1. The number of rotatable bonds is 14. The molecular weight excluding hydrogens is 568 g/mol. The van der Waals surface area contributed by atoms with Gasteiger partial charge in [-0.25, -0.2) is 4.98 Å². The number of aliphatic hydroxyl groups excluding tert-OH is 1. The van der Waals surface area contributed by atoms with Crippen LogP contribution >= 0.6 is 0 Å². The molecule has 0 saturated carbocycles. The number of benzene rings is 2. The molecule has 1 aromatic heterocycles. The van der Waals surface area contributed by atoms with E-state index in [-0.39, 0.29) is 48.2 Å². The van der Waals surface area contributed by atoms with Crippen molar-refractivity contribution in [3.05, 3.63) is 66.0 Å². The van der Waals surface area contributed by atoms with Crippen LogP contribution in [0.5, 0.6) is 0 Å². The summed E-state index contributed by atoms with van der Waals surface area (Å²) in [7, 11) is 0. The third kappa shape index (κ3) is 9.86. The molecule has 1 fully saturated rings. The normalized spacial score (nSPS) is 18.2. The summed E-state index contributed by atoms with van der Waals surface area (Å²) in [4.78, 5) is 50.0. The van der Waals surface area contributed by atoms with Gasteiger partial charge in [0.05, 0.1) is 29.7 Å². The third-order valence-corrected chi connectivity index (χ3v) is 8.52. The molecule has 2 unspecified atom stereocenters. The Morgan fingerprint density at radius 3 is 2.47 bits per heavy atom. The molecule has 5 atom stereocenters. The number of likely N-dealkylation sites (tertiary alicyclic amines) is 1. The highest BCUT2D eigenvalue weighted by molar-refractivity contribution is 5.89. The number of imidazole rings is 1. The van der Waals surface area contributed by atoms with Crippen LogP contribution in [0.25, 0.3) is 11.0 Å². The van der Waals surface area contributed by atoms with Crippen LogP contribution < -0.4 is 16.0 Å². The van der Waals surface area contributed by atoms with Crippen molar-refractivity contribution in [1.29, 1.82) is 0 Å². The van der Waals surface area contributed by atoms with Gasteiger partial charge in [-0.05, 0) is 76.6 Å². The zero-order valence-corrected chi connectivity index (χ0v) is 27.3. The van der Waals surface area contributed by atoms with Crippen LogP contribution in [0, 0.1) is 11.8 Å². The van der Waals surface area contributed by atoms with Gasteiger partial charge in [0.1, 0.15) is 11.9 Å². The first-order chi connectivity index (χ1) is 21.4. The van der Waals surface area contributed by atoms with Crippen LogP contribution in [-0.4, -0.2) is 74.5 Å². The maximum absolute atomic E-state index is 13.9. The number of nitrogens with one attached hydrogen (secondary N) is 4. The second kappa shape index (κ2) is 15.5. The van der Waals surface area contributed by atoms with Crippen molar-refractivity contribution in [1.82, 2.24) is 30.8 Å². The molecule has 10 heteroatoms. The molecular formula is C35H50N6O4. The minimum Gasteiger partial charge on any atom is -0.392 e. The maximum Gasteiger partial charge on any atom is 0.243 e. The number of β-amino-alcohol motifs (C(OH)–C–C–N with tert-alkyl or cyclic N) is 1. The molecule has 5 N–H and O–H groups in total. The van der Waals surface area contributed by atoms with Crippen molar-refractivity contribution in [3.8, 4) is 0 Å². The van der Waals surface area contributed by atoms with Gasteiger partial charge in [-0.3, -0.25) is 19.3 Å². The van der Waals surface area contributed by atoms with Crippen molar-refractivity contribution in [2.24, 2.45) is 11.8 Å². The first-order valence-electron chi connectivity index (χ1n) is 16.2. The molecule has 1 aliphatic rings. The monoisotopic (exact) mass is 618 g/mol. The van der Waals surface area contributed by atoms with E-state index in [2.05, 4.69) is 25.9 Å². The van der Waals surface area contributed by atoms with E-state index in [4.69, 9.17) is 0 Å². The smallest absolute Gasteiger partial charge is 0.243 e. The molecule has 2 heterocycles. The van der Waals surface area contributed by atoms with E-state index in [9.17, 15) is 19.5 Å². The summed E-state index contributed by atoms with van der Waals surface area (Å²) >= 11 is 0. The minimum absolute atomic E-state index is 0.0316. The lowest BCUT2D eigenvalue weighted by atomic mass is 9.91. The number of aromatic nitrogens is 2. The second-order valence-electron chi connectivity index (χ2n) is 13.5. The Balaban J connectivity index is 1.43. The summed E-state index contributed by atoms with van der Waals surface area (Å²) in [5.74, 6) is -0.622. The van der Waals surface area contributed by atoms with Gasteiger partial charge < -0.3 is 26.0 Å². The third-order valence-electron chi connectivity index (χ3n) is 8.52. The van der Waals surface area contributed by atoms with Crippen molar-refractivity contribution in [2.45, 2.75) is 97.0 Å². The number of aromatic amines is 1. The van der Waals surface area contributed by atoms with Gasteiger partial charge in [0.2, 0.25) is 17.7 Å². The van der Waals surface area contributed by atoms with E-state index in [1.807, 2.05) is 94.1 Å². The number of carbonyl (C=O) groups is 3. The molecule has 0 bridgehead atoms. The van der Waals surface area contributed by atoms with Crippen molar-refractivity contribution < 1.29 is 19.5 Å². The lowest BCUT2D eigenvalue weighted by molar-refractivity contribution is -0.133. The summed E-state index contributed by atoms with van der Waals surface area (Å²) in [5, 5.41) is 20.3. The van der Waals surface area contributed by atoms with Crippen molar-refractivity contribution in [3.63, 3.8) is 0 Å². The topological polar surface area (TPSA) is 139 Å². The van der Waals surface area contributed by atoms with Crippen molar-refractivity contribution in [2.75, 3.05) is 13.1 Å². The summed E-state index contributed by atoms with van der Waals surface area (Å²) < 4.78 is 0.